The predicted molar refractivity (Wildman–Crippen MR) is 71.4 cm³/mol. The molecular formula is C14H22N2O. The molecule has 1 aromatic carbocycles. The van der Waals surface area contributed by atoms with Crippen molar-refractivity contribution in [1.29, 1.82) is 0 Å². The normalized spacial score (nSPS) is 24.1. The first-order valence-corrected chi connectivity index (χ1v) is 6.27. The van der Waals surface area contributed by atoms with Gasteiger partial charge in [0.15, 0.2) is 0 Å². The van der Waals surface area contributed by atoms with Gasteiger partial charge in [0.25, 0.3) is 0 Å². The van der Waals surface area contributed by atoms with Crippen LogP contribution in [0.2, 0.25) is 0 Å². The molecule has 0 spiro atoms. The third kappa shape index (κ3) is 2.39. The van der Waals surface area contributed by atoms with Gasteiger partial charge >= 0.3 is 0 Å². The molecule has 1 aromatic rings. The lowest BCUT2D eigenvalue weighted by Crippen LogP contribution is -2.21. The first-order valence-electron chi connectivity index (χ1n) is 6.27. The second-order valence-corrected chi connectivity index (χ2v) is 5.06. The second kappa shape index (κ2) is 4.96. The van der Waals surface area contributed by atoms with Gasteiger partial charge in [-0.2, -0.15) is 0 Å². The van der Waals surface area contributed by atoms with Crippen LogP contribution in [0.15, 0.2) is 18.2 Å². The fourth-order valence-electron chi connectivity index (χ4n) is 2.46. The summed E-state index contributed by atoms with van der Waals surface area (Å²) < 4.78 is 5.30. The highest BCUT2D eigenvalue weighted by molar-refractivity contribution is 5.58. The van der Waals surface area contributed by atoms with Gasteiger partial charge in [-0.15, -0.1) is 0 Å². The molecule has 0 bridgehead atoms. The Morgan fingerprint density at radius 3 is 2.47 bits per heavy atom. The summed E-state index contributed by atoms with van der Waals surface area (Å²) in [5.74, 6) is 2.39. The summed E-state index contributed by atoms with van der Waals surface area (Å²) in [6.45, 7) is 7.43. The van der Waals surface area contributed by atoms with Crippen LogP contribution in [0.25, 0.3) is 0 Å². The number of anilines is 1. The molecule has 1 saturated heterocycles. The molecule has 1 aliphatic heterocycles. The molecule has 0 radical (unpaired) electrons. The molecule has 1 fully saturated rings. The number of rotatable bonds is 3. The van der Waals surface area contributed by atoms with Gasteiger partial charge < -0.3 is 15.4 Å². The predicted octanol–water partition coefficient (Wildman–Crippen LogP) is 2.25. The largest absolute Gasteiger partial charge is 0.497 e. The lowest BCUT2D eigenvalue weighted by atomic mass is 10.0. The standard InChI is InChI=1S/C14H22N2O/c1-10-8-16(9-11(10)2)14-6-13(17-3)5-4-12(14)7-15/h4-6,10-11H,7-9,15H2,1-3H3. The maximum Gasteiger partial charge on any atom is 0.120 e. The maximum atomic E-state index is 5.81. The fourth-order valence-corrected chi connectivity index (χ4v) is 2.46. The zero-order valence-electron chi connectivity index (χ0n) is 10.9. The number of hydrogen-bond acceptors (Lipinski definition) is 3. The van der Waals surface area contributed by atoms with Crippen LogP contribution in [0.3, 0.4) is 0 Å². The third-order valence-electron chi connectivity index (χ3n) is 3.84. The van der Waals surface area contributed by atoms with Crippen molar-refractivity contribution in [3.8, 4) is 5.75 Å². The second-order valence-electron chi connectivity index (χ2n) is 5.06. The summed E-state index contributed by atoms with van der Waals surface area (Å²) in [5.41, 5.74) is 8.25. The molecule has 3 nitrogen and oxygen atoms in total. The molecule has 0 aromatic heterocycles. The van der Waals surface area contributed by atoms with Crippen LogP contribution in [-0.4, -0.2) is 20.2 Å². The molecule has 2 N–H and O–H groups in total. The molecule has 2 atom stereocenters. The minimum atomic E-state index is 0.582. The third-order valence-corrected chi connectivity index (χ3v) is 3.84. The summed E-state index contributed by atoms with van der Waals surface area (Å²) >= 11 is 0. The Hall–Kier alpha value is -1.22. The highest BCUT2D eigenvalue weighted by Gasteiger charge is 2.27. The summed E-state index contributed by atoms with van der Waals surface area (Å²) in [7, 11) is 1.70. The molecule has 0 aliphatic carbocycles. The van der Waals surface area contributed by atoms with Crippen molar-refractivity contribution >= 4 is 5.69 Å². The van der Waals surface area contributed by atoms with E-state index in [4.69, 9.17) is 10.5 Å². The van der Waals surface area contributed by atoms with E-state index in [-0.39, 0.29) is 0 Å². The highest BCUT2D eigenvalue weighted by Crippen LogP contribution is 2.32. The monoisotopic (exact) mass is 234 g/mol. The fraction of sp³-hybridized carbons (Fsp3) is 0.571. The molecule has 1 aliphatic rings. The lowest BCUT2D eigenvalue weighted by Gasteiger charge is -2.22. The van der Waals surface area contributed by atoms with Gasteiger partial charge in [0.05, 0.1) is 7.11 Å². The summed E-state index contributed by atoms with van der Waals surface area (Å²) in [6, 6.07) is 6.16. The average molecular weight is 234 g/mol. The number of benzene rings is 1. The van der Waals surface area contributed by atoms with Gasteiger partial charge in [0.1, 0.15) is 5.75 Å². The Bertz CT molecular complexity index is 382. The number of nitrogens with two attached hydrogens (primary N) is 1. The van der Waals surface area contributed by atoms with Crippen LogP contribution in [0.4, 0.5) is 5.69 Å². The molecule has 2 rings (SSSR count). The van der Waals surface area contributed by atoms with E-state index in [1.165, 1.54) is 11.3 Å². The van der Waals surface area contributed by atoms with Crippen molar-refractivity contribution in [3.63, 3.8) is 0 Å². The van der Waals surface area contributed by atoms with Crippen molar-refractivity contribution in [3.05, 3.63) is 23.8 Å². The van der Waals surface area contributed by atoms with Gasteiger partial charge in [-0.1, -0.05) is 19.9 Å². The van der Waals surface area contributed by atoms with Crippen molar-refractivity contribution in [1.82, 2.24) is 0 Å². The molecule has 94 valence electrons. The van der Waals surface area contributed by atoms with Crippen LogP contribution in [0, 0.1) is 11.8 Å². The van der Waals surface area contributed by atoms with Crippen LogP contribution < -0.4 is 15.4 Å². The average Bonchev–Trinajstić information content (AvgIpc) is 2.68. The van der Waals surface area contributed by atoms with Crippen LogP contribution in [0.5, 0.6) is 5.75 Å². The van der Waals surface area contributed by atoms with E-state index in [2.05, 4.69) is 30.9 Å². The van der Waals surface area contributed by atoms with E-state index in [1.54, 1.807) is 7.11 Å². The summed E-state index contributed by atoms with van der Waals surface area (Å²) in [5, 5.41) is 0. The van der Waals surface area contributed by atoms with E-state index >= 15 is 0 Å². The van der Waals surface area contributed by atoms with E-state index in [0.717, 1.165) is 30.7 Å². The van der Waals surface area contributed by atoms with E-state index in [9.17, 15) is 0 Å². The van der Waals surface area contributed by atoms with Crippen LogP contribution in [0.1, 0.15) is 19.4 Å². The Morgan fingerprint density at radius 2 is 1.94 bits per heavy atom. The topological polar surface area (TPSA) is 38.5 Å². The Balaban J connectivity index is 2.30. The molecule has 0 saturated carbocycles. The van der Waals surface area contributed by atoms with Gasteiger partial charge in [-0.25, -0.2) is 0 Å². The highest BCUT2D eigenvalue weighted by atomic mass is 16.5. The maximum absolute atomic E-state index is 5.81. The van der Waals surface area contributed by atoms with Gasteiger partial charge in [0, 0.05) is 31.4 Å². The molecule has 0 amide bonds. The first-order chi connectivity index (χ1) is 8.15. The Kier molecular flexibility index (Phi) is 3.57. The van der Waals surface area contributed by atoms with Crippen molar-refractivity contribution in [2.24, 2.45) is 17.6 Å². The van der Waals surface area contributed by atoms with Crippen LogP contribution >= 0.6 is 0 Å². The van der Waals surface area contributed by atoms with E-state index in [0.29, 0.717) is 6.54 Å². The smallest absolute Gasteiger partial charge is 0.120 e. The van der Waals surface area contributed by atoms with Crippen molar-refractivity contribution < 1.29 is 4.74 Å². The van der Waals surface area contributed by atoms with Gasteiger partial charge in [0.2, 0.25) is 0 Å². The molecular weight excluding hydrogens is 212 g/mol. The lowest BCUT2D eigenvalue weighted by molar-refractivity contribution is 0.414. The Labute approximate surface area is 104 Å². The number of methoxy groups -OCH3 is 1. The Morgan fingerprint density at radius 1 is 1.29 bits per heavy atom. The molecule has 2 unspecified atom stereocenters. The van der Waals surface area contributed by atoms with E-state index in [1.807, 2.05) is 6.07 Å². The summed E-state index contributed by atoms with van der Waals surface area (Å²) in [4.78, 5) is 2.43. The SMILES string of the molecule is COc1ccc(CN)c(N2CC(C)C(C)C2)c1. The van der Waals surface area contributed by atoms with Gasteiger partial charge in [-0.05, 0) is 23.5 Å². The quantitative estimate of drug-likeness (QED) is 0.871. The van der Waals surface area contributed by atoms with Crippen molar-refractivity contribution in [2.45, 2.75) is 20.4 Å². The number of ether oxygens (including phenoxy) is 1. The van der Waals surface area contributed by atoms with Crippen LogP contribution in [-0.2, 0) is 6.54 Å². The minimum Gasteiger partial charge on any atom is -0.497 e. The molecule has 17 heavy (non-hydrogen) atoms. The number of hydrogen-bond donors (Lipinski definition) is 1. The zero-order valence-corrected chi connectivity index (χ0v) is 10.9. The molecule has 1 heterocycles. The first kappa shape index (κ1) is 12.2. The van der Waals surface area contributed by atoms with E-state index < -0.39 is 0 Å². The zero-order chi connectivity index (χ0) is 12.4. The summed E-state index contributed by atoms with van der Waals surface area (Å²) in [6.07, 6.45) is 0. The van der Waals surface area contributed by atoms with Gasteiger partial charge in [-0.3, -0.25) is 0 Å². The molecule has 3 heteroatoms. The van der Waals surface area contributed by atoms with Crippen molar-refractivity contribution in [2.75, 3.05) is 25.1 Å². The number of nitrogens with zero attached hydrogens (tertiary/aromatic N) is 1. The minimum absolute atomic E-state index is 0.582.